The van der Waals surface area contributed by atoms with Crippen molar-refractivity contribution in [1.82, 2.24) is 10.6 Å². The largest absolute Gasteiger partial charge is 0.508 e. The third kappa shape index (κ3) is 1.62. The number of carbonyl (C=O) groups excluding carboxylic acids is 3. The van der Waals surface area contributed by atoms with E-state index in [0.717, 1.165) is 24.3 Å². The molecule has 6 nitrogen and oxygen atoms in total. The first-order valence-electron chi connectivity index (χ1n) is 7.41. The number of aromatic hydroxyl groups is 1. The Morgan fingerprint density at radius 2 is 1.78 bits per heavy atom. The molecule has 1 aromatic carbocycles. The minimum atomic E-state index is -3.35. The number of imide groups is 2. The molecule has 6 heteroatoms. The van der Waals surface area contributed by atoms with E-state index in [9.17, 15) is 19.5 Å². The second-order valence-corrected chi connectivity index (χ2v) is 3.66. The van der Waals surface area contributed by atoms with Gasteiger partial charge in [-0.3, -0.25) is 20.2 Å². The van der Waals surface area contributed by atoms with Crippen LogP contribution in [0.15, 0.2) is 24.3 Å². The van der Waals surface area contributed by atoms with Gasteiger partial charge in [0.2, 0.25) is 11.8 Å². The van der Waals surface area contributed by atoms with Crippen LogP contribution in [0.2, 0.25) is 0 Å². The van der Waals surface area contributed by atoms with E-state index in [1.165, 1.54) is 0 Å². The highest BCUT2D eigenvalue weighted by molar-refractivity contribution is 6.22. The number of barbiturate groups is 1. The zero-order valence-electron chi connectivity index (χ0n) is 14.0. The Morgan fingerprint density at radius 1 is 1.22 bits per heavy atom. The molecule has 18 heavy (non-hydrogen) atoms. The fraction of sp³-hybridized carbons (Fsp3) is 0.250. The monoisotopic (exact) mass is 253 g/mol. The summed E-state index contributed by atoms with van der Waals surface area (Å²) in [7, 11) is 0. The molecular formula is C12H12N2O4. The third-order valence-corrected chi connectivity index (χ3v) is 2.62. The van der Waals surface area contributed by atoms with Crippen LogP contribution in [0.3, 0.4) is 0 Å². The molecule has 1 aliphatic heterocycles. The number of amides is 4. The smallest absolute Gasteiger partial charge is 0.328 e. The molecule has 0 spiro atoms. The first-order valence-corrected chi connectivity index (χ1v) is 4.91. The fourth-order valence-corrected chi connectivity index (χ4v) is 1.69. The predicted molar refractivity (Wildman–Crippen MR) is 61.8 cm³/mol. The van der Waals surface area contributed by atoms with E-state index in [1.54, 1.807) is 10.6 Å². The average Bonchev–Trinajstić information content (AvgIpc) is 2.38. The van der Waals surface area contributed by atoms with Crippen molar-refractivity contribution in [2.45, 2.75) is 18.6 Å². The zero-order chi connectivity index (χ0) is 17.6. The Bertz CT molecular complexity index is 664. The van der Waals surface area contributed by atoms with E-state index in [0.29, 0.717) is 0 Å². The van der Waals surface area contributed by atoms with Crippen molar-refractivity contribution in [2.24, 2.45) is 0 Å². The number of phenols is 1. The molecule has 0 radical (unpaired) electrons. The van der Waals surface area contributed by atoms with Gasteiger partial charge in [0.05, 0.1) is 0 Å². The first kappa shape index (κ1) is 7.15. The third-order valence-electron chi connectivity index (χ3n) is 2.62. The SMILES string of the molecule is [2H]C([2H])([2H])C([2H])([2H])C1(c2ccc(O)cc2)C(=O)NC(=O)NC1=O. The molecule has 1 fully saturated rings. The first-order chi connectivity index (χ1) is 10.4. The van der Waals surface area contributed by atoms with Crippen molar-refractivity contribution in [2.75, 3.05) is 0 Å². The lowest BCUT2D eigenvalue weighted by molar-refractivity contribution is -0.138. The molecule has 0 unspecified atom stereocenters. The van der Waals surface area contributed by atoms with Crippen molar-refractivity contribution in [1.29, 1.82) is 0 Å². The minimum Gasteiger partial charge on any atom is -0.508 e. The van der Waals surface area contributed by atoms with Crippen molar-refractivity contribution in [3.05, 3.63) is 29.8 Å². The quantitative estimate of drug-likeness (QED) is 0.665. The lowest BCUT2D eigenvalue weighted by Crippen LogP contribution is -2.64. The summed E-state index contributed by atoms with van der Waals surface area (Å²) in [5, 5.41) is 12.8. The summed E-state index contributed by atoms with van der Waals surface area (Å²) in [5.41, 5.74) is -3.13. The Labute approximate surface area is 110 Å². The standard InChI is InChI=1S/C12H12N2O4/c1-2-12(7-3-5-8(15)6-4-7)9(16)13-11(18)14-10(12)17/h3-6,15H,2H2,1H3,(H2,13,14,16,17,18)/i1D3,2D2. The molecule has 2 rings (SSSR count). The molecule has 94 valence electrons. The van der Waals surface area contributed by atoms with Crippen LogP contribution in [-0.2, 0) is 15.0 Å². The van der Waals surface area contributed by atoms with Gasteiger partial charge in [-0.15, -0.1) is 0 Å². The van der Waals surface area contributed by atoms with Crippen LogP contribution in [0.1, 0.15) is 25.6 Å². The highest BCUT2D eigenvalue weighted by Gasteiger charge is 2.50. The zero-order valence-corrected chi connectivity index (χ0v) is 8.98. The van der Waals surface area contributed by atoms with Crippen molar-refractivity contribution in [3.8, 4) is 5.75 Å². The molecule has 1 aromatic rings. The predicted octanol–water partition coefficient (Wildman–Crippen LogP) is 0.406. The number of carbonyl (C=O) groups is 3. The van der Waals surface area contributed by atoms with Gasteiger partial charge < -0.3 is 5.11 Å². The molecule has 0 aliphatic carbocycles. The van der Waals surface area contributed by atoms with Crippen molar-refractivity contribution in [3.63, 3.8) is 0 Å². The van der Waals surface area contributed by atoms with E-state index in [1.807, 2.05) is 0 Å². The Morgan fingerprint density at radius 3 is 2.28 bits per heavy atom. The van der Waals surface area contributed by atoms with Crippen LogP contribution < -0.4 is 10.6 Å². The van der Waals surface area contributed by atoms with E-state index >= 15 is 0 Å². The van der Waals surface area contributed by atoms with Crippen molar-refractivity contribution >= 4 is 17.8 Å². The van der Waals surface area contributed by atoms with Gasteiger partial charge in [0.1, 0.15) is 5.75 Å². The van der Waals surface area contributed by atoms with Gasteiger partial charge in [0, 0.05) is 6.85 Å². The topological polar surface area (TPSA) is 95.5 Å². The minimum absolute atomic E-state index is 0.231. The summed E-state index contributed by atoms with van der Waals surface area (Å²) in [6, 6.07) is 3.07. The van der Waals surface area contributed by atoms with E-state index in [4.69, 9.17) is 6.85 Å². The van der Waals surface area contributed by atoms with Crippen LogP contribution in [0.5, 0.6) is 5.75 Å². The maximum absolute atomic E-state index is 12.4. The molecule has 1 saturated heterocycles. The molecule has 0 atom stereocenters. The maximum atomic E-state index is 12.4. The van der Waals surface area contributed by atoms with Gasteiger partial charge in [0.15, 0.2) is 5.41 Å². The number of hydrogen-bond donors (Lipinski definition) is 3. The highest BCUT2D eigenvalue weighted by atomic mass is 16.3. The van der Waals surface area contributed by atoms with Gasteiger partial charge in [-0.25, -0.2) is 4.79 Å². The van der Waals surface area contributed by atoms with Gasteiger partial charge >= 0.3 is 6.03 Å². The van der Waals surface area contributed by atoms with E-state index in [-0.39, 0.29) is 11.3 Å². The van der Waals surface area contributed by atoms with Gasteiger partial charge in [0.25, 0.3) is 0 Å². The van der Waals surface area contributed by atoms with Gasteiger partial charge in [-0.05, 0) is 24.1 Å². The normalized spacial score (nSPS) is 23.8. The molecular weight excluding hydrogens is 236 g/mol. The number of urea groups is 1. The van der Waals surface area contributed by atoms with Crippen LogP contribution in [0, 0.1) is 0 Å². The summed E-state index contributed by atoms with van der Waals surface area (Å²) in [5.74, 6) is -3.01. The number of benzene rings is 1. The van der Waals surface area contributed by atoms with Crippen molar-refractivity contribution < 1.29 is 26.3 Å². The lowest BCUT2D eigenvalue weighted by Gasteiger charge is -2.33. The number of nitrogens with one attached hydrogen (secondary N) is 2. The Kier molecular flexibility index (Phi) is 1.64. The highest BCUT2D eigenvalue weighted by Crippen LogP contribution is 2.31. The summed E-state index contributed by atoms with van der Waals surface area (Å²) in [6.07, 6.45) is -3.33. The van der Waals surface area contributed by atoms with E-state index < -0.39 is 36.5 Å². The van der Waals surface area contributed by atoms with Crippen LogP contribution >= 0.6 is 0 Å². The Balaban J connectivity index is 2.80. The average molecular weight is 253 g/mol. The number of phenolic OH excluding ortho intramolecular Hbond substituents is 1. The lowest BCUT2D eigenvalue weighted by atomic mass is 9.75. The summed E-state index contributed by atoms with van der Waals surface area (Å²) in [6.45, 7) is -3.35. The second-order valence-electron chi connectivity index (χ2n) is 3.66. The summed E-state index contributed by atoms with van der Waals surface area (Å²) < 4.78 is 38.0. The molecule has 4 amide bonds. The molecule has 0 saturated carbocycles. The summed E-state index contributed by atoms with van der Waals surface area (Å²) >= 11 is 0. The maximum Gasteiger partial charge on any atom is 0.328 e. The van der Waals surface area contributed by atoms with Gasteiger partial charge in [-0.2, -0.15) is 0 Å². The number of rotatable bonds is 2. The molecule has 3 N–H and O–H groups in total. The molecule has 0 aromatic heterocycles. The number of hydrogen-bond acceptors (Lipinski definition) is 4. The fourth-order valence-electron chi connectivity index (χ4n) is 1.69. The summed E-state index contributed by atoms with van der Waals surface area (Å²) in [4.78, 5) is 36.0. The molecule has 1 heterocycles. The van der Waals surface area contributed by atoms with Crippen LogP contribution in [-0.4, -0.2) is 23.0 Å². The van der Waals surface area contributed by atoms with E-state index in [2.05, 4.69) is 0 Å². The second kappa shape index (κ2) is 4.14. The van der Waals surface area contributed by atoms with Crippen LogP contribution in [0.25, 0.3) is 0 Å². The van der Waals surface area contributed by atoms with Crippen LogP contribution in [0.4, 0.5) is 4.79 Å². The molecule has 0 bridgehead atoms. The molecule has 1 aliphatic rings. The Hall–Kier alpha value is -2.37. The van der Waals surface area contributed by atoms with Gasteiger partial charge in [-0.1, -0.05) is 19.0 Å².